The summed E-state index contributed by atoms with van der Waals surface area (Å²) >= 11 is 0. The normalized spacial score (nSPS) is 12.1. The van der Waals surface area contributed by atoms with Gasteiger partial charge in [0.25, 0.3) is 5.91 Å². The van der Waals surface area contributed by atoms with Crippen LogP contribution < -0.4 is 19.7 Å². The molecule has 2 aromatic rings. The third kappa shape index (κ3) is 5.16. The smallest absolute Gasteiger partial charge is 0.387 e. The molecule has 0 heterocycles. The number of hydrogen-bond acceptors (Lipinski definition) is 3. The maximum absolute atomic E-state index is 12.4. The second-order valence-corrected chi connectivity index (χ2v) is 5.99. The molecule has 2 aromatic carbocycles. The first kappa shape index (κ1) is 19.7. The second-order valence-electron chi connectivity index (χ2n) is 5.99. The van der Waals surface area contributed by atoms with Crippen LogP contribution in [0.1, 0.15) is 22.0 Å². The molecule has 2 rings (SSSR count). The summed E-state index contributed by atoms with van der Waals surface area (Å²) in [6, 6.07) is 14.1. The largest absolute Gasteiger partial charge is 0.493 e. The molecule has 0 radical (unpaired) electrons. The van der Waals surface area contributed by atoms with Crippen molar-refractivity contribution in [1.82, 2.24) is 5.32 Å². The van der Waals surface area contributed by atoms with Crippen molar-refractivity contribution in [3.05, 3.63) is 59.7 Å². The summed E-state index contributed by atoms with van der Waals surface area (Å²) in [6.07, 6.45) is 0. The lowest BCUT2D eigenvalue weighted by molar-refractivity contribution is -0.890. The van der Waals surface area contributed by atoms with Crippen LogP contribution in [0.4, 0.5) is 8.78 Å². The molecule has 0 saturated carbocycles. The molecule has 0 aliphatic carbocycles. The van der Waals surface area contributed by atoms with E-state index in [4.69, 9.17) is 4.74 Å². The van der Waals surface area contributed by atoms with Crippen LogP contribution in [0.25, 0.3) is 0 Å². The molecule has 1 atom stereocenters. The van der Waals surface area contributed by atoms with Crippen LogP contribution in [0.5, 0.6) is 11.5 Å². The number of rotatable bonds is 8. The Morgan fingerprint density at radius 3 is 2.38 bits per heavy atom. The molecule has 140 valence electrons. The first-order valence-electron chi connectivity index (χ1n) is 8.18. The average molecular weight is 365 g/mol. The summed E-state index contributed by atoms with van der Waals surface area (Å²) in [5, 5.41) is 2.89. The summed E-state index contributed by atoms with van der Waals surface area (Å²) in [4.78, 5) is 13.6. The van der Waals surface area contributed by atoms with Gasteiger partial charge < -0.3 is 19.7 Å². The fourth-order valence-electron chi connectivity index (χ4n) is 2.64. The highest BCUT2D eigenvalue weighted by molar-refractivity contribution is 5.94. The summed E-state index contributed by atoms with van der Waals surface area (Å²) in [5.41, 5.74) is 1.43. The molecule has 0 bridgehead atoms. The number of alkyl halides is 2. The Bertz CT molecular complexity index is 724. The SMILES string of the molecule is COc1cc(C(=O)NC[C@@H](c2ccccc2)[NH+](C)C)ccc1OC(F)F. The summed E-state index contributed by atoms with van der Waals surface area (Å²) < 4.78 is 34.2. The standard InChI is InChI=1S/C19H22F2N2O3/c1-23(2)15(13-7-5-4-6-8-13)12-22-18(24)14-9-10-16(26-19(20)21)17(11-14)25-3/h4-11,15,19H,12H2,1-3H3,(H,22,24)/p+1/t15-/m0/s1. The molecular formula is C19H23F2N2O3+. The van der Waals surface area contributed by atoms with Crippen molar-refractivity contribution in [3.8, 4) is 11.5 Å². The number of ether oxygens (including phenoxy) is 2. The van der Waals surface area contributed by atoms with Gasteiger partial charge in [-0.25, -0.2) is 0 Å². The molecule has 0 aromatic heterocycles. The van der Waals surface area contributed by atoms with Gasteiger partial charge in [0.05, 0.1) is 27.7 Å². The van der Waals surface area contributed by atoms with Crippen molar-refractivity contribution in [1.29, 1.82) is 0 Å². The maximum Gasteiger partial charge on any atom is 0.387 e. The number of carbonyl (C=O) groups is 1. The van der Waals surface area contributed by atoms with Gasteiger partial charge in [-0.1, -0.05) is 30.3 Å². The average Bonchev–Trinajstić information content (AvgIpc) is 2.62. The third-order valence-electron chi connectivity index (χ3n) is 4.01. The number of carbonyl (C=O) groups excluding carboxylic acids is 1. The predicted octanol–water partition coefficient (Wildman–Crippen LogP) is 1.91. The third-order valence-corrected chi connectivity index (χ3v) is 4.01. The number of halogens is 2. The van der Waals surface area contributed by atoms with Gasteiger partial charge in [-0.05, 0) is 18.2 Å². The second kappa shape index (κ2) is 9.15. The first-order valence-corrected chi connectivity index (χ1v) is 8.18. The molecule has 0 saturated heterocycles. The Morgan fingerprint density at radius 2 is 1.81 bits per heavy atom. The van der Waals surface area contributed by atoms with Crippen LogP contribution in [0.3, 0.4) is 0 Å². The molecule has 0 fully saturated rings. The quantitative estimate of drug-likeness (QED) is 0.752. The van der Waals surface area contributed by atoms with Gasteiger partial charge in [0, 0.05) is 11.1 Å². The zero-order valence-corrected chi connectivity index (χ0v) is 15.0. The van der Waals surface area contributed by atoms with E-state index in [1.165, 1.54) is 30.2 Å². The Hall–Kier alpha value is -2.67. The van der Waals surface area contributed by atoms with Crippen LogP contribution in [-0.4, -0.2) is 40.3 Å². The lowest BCUT2D eigenvalue weighted by Gasteiger charge is -2.22. The molecule has 5 nitrogen and oxygen atoms in total. The van der Waals surface area contributed by atoms with Gasteiger partial charge in [0.1, 0.15) is 6.04 Å². The van der Waals surface area contributed by atoms with E-state index in [9.17, 15) is 13.6 Å². The van der Waals surface area contributed by atoms with Crippen LogP contribution in [0.2, 0.25) is 0 Å². The molecule has 26 heavy (non-hydrogen) atoms. The van der Waals surface area contributed by atoms with Gasteiger partial charge in [-0.3, -0.25) is 4.79 Å². The molecular weight excluding hydrogens is 342 g/mol. The van der Waals surface area contributed by atoms with Crippen LogP contribution in [-0.2, 0) is 0 Å². The van der Waals surface area contributed by atoms with Crippen LogP contribution >= 0.6 is 0 Å². The minimum absolute atomic E-state index is 0.0794. The lowest BCUT2D eigenvalue weighted by atomic mass is 10.1. The van der Waals surface area contributed by atoms with E-state index in [1.807, 2.05) is 44.4 Å². The minimum Gasteiger partial charge on any atom is -0.493 e. The minimum atomic E-state index is -2.96. The van der Waals surface area contributed by atoms with Crippen molar-refractivity contribution >= 4 is 5.91 Å². The zero-order valence-electron chi connectivity index (χ0n) is 15.0. The van der Waals surface area contributed by atoms with E-state index in [0.717, 1.165) is 5.56 Å². The van der Waals surface area contributed by atoms with Crippen molar-refractivity contribution in [2.45, 2.75) is 12.7 Å². The van der Waals surface area contributed by atoms with E-state index in [1.54, 1.807) is 0 Å². The van der Waals surface area contributed by atoms with Gasteiger partial charge in [-0.2, -0.15) is 8.78 Å². The zero-order chi connectivity index (χ0) is 19.1. The molecule has 0 aliphatic heterocycles. The van der Waals surface area contributed by atoms with E-state index < -0.39 is 6.61 Å². The van der Waals surface area contributed by atoms with Crippen molar-refractivity contribution in [2.75, 3.05) is 27.7 Å². The van der Waals surface area contributed by atoms with Crippen LogP contribution in [0, 0.1) is 0 Å². The Kier molecular flexibility index (Phi) is 6.91. The lowest BCUT2D eigenvalue weighted by Crippen LogP contribution is -3.07. The van der Waals surface area contributed by atoms with Crippen molar-refractivity contribution in [3.63, 3.8) is 0 Å². The van der Waals surface area contributed by atoms with E-state index >= 15 is 0 Å². The van der Waals surface area contributed by atoms with Gasteiger partial charge in [0.2, 0.25) is 0 Å². The van der Waals surface area contributed by atoms with Crippen LogP contribution in [0.15, 0.2) is 48.5 Å². The monoisotopic (exact) mass is 365 g/mol. The highest BCUT2D eigenvalue weighted by atomic mass is 19.3. The Morgan fingerprint density at radius 1 is 1.12 bits per heavy atom. The number of methoxy groups -OCH3 is 1. The maximum atomic E-state index is 12.4. The fourth-order valence-corrected chi connectivity index (χ4v) is 2.64. The summed E-state index contributed by atoms with van der Waals surface area (Å²) in [6.45, 7) is -2.53. The molecule has 0 aliphatic rings. The Balaban J connectivity index is 2.09. The van der Waals surface area contributed by atoms with Crippen molar-refractivity contribution < 1.29 is 27.9 Å². The Labute approximate surface area is 151 Å². The molecule has 0 spiro atoms. The number of amides is 1. The summed E-state index contributed by atoms with van der Waals surface area (Å²) in [7, 11) is 5.36. The topological polar surface area (TPSA) is 52.0 Å². The highest BCUT2D eigenvalue weighted by Crippen LogP contribution is 2.29. The predicted molar refractivity (Wildman–Crippen MR) is 94.0 cm³/mol. The summed E-state index contributed by atoms with van der Waals surface area (Å²) in [5.74, 6) is -0.344. The molecule has 7 heteroatoms. The van der Waals surface area contributed by atoms with Gasteiger partial charge in [0.15, 0.2) is 11.5 Å². The van der Waals surface area contributed by atoms with Gasteiger partial charge in [-0.15, -0.1) is 0 Å². The number of nitrogens with one attached hydrogen (secondary N) is 2. The number of hydrogen-bond donors (Lipinski definition) is 2. The number of quaternary nitrogens is 1. The first-order chi connectivity index (χ1) is 12.4. The molecule has 0 unspecified atom stereocenters. The highest BCUT2D eigenvalue weighted by Gasteiger charge is 2.20. The molecule has 1 amide bonds. The van der Waals surface area contributed by atoms with E-state index in [-0.39, 0.29) is 23.4 Å². The van der Waals surface area contributed by atoms with Gasteiger partial charge >= 0.3 is 6.61 Å². The fraction of sp³-hybridized carbons (Fsp3) is 0.316. The van der Waals surface area contributed by atoms with E-state index in [0.29, 0.717) is 12.1 Å². The molecule has 2 N–H and O–H groups in total. The number of benzene rings is 2. The number of likely N-dealkylation sites (N-methyl/N-ethyl adjacent to an activating group) is 1. The van der Waals surface area contributed by atoms with Crippen molar-refractivity contribution in [2.24, 2.45) is 0 Å². The van der Waals surface area contributed by atoms with E-state index in [2.05, 4.69) is 10.1 Å².